The monoisotopic (exact) mass is 386 g/mol. The van der Waals surface area contributed by atoms with E-state index < -0.39 is 0 Å². The molecule has 1 fully saturated rings. The number of morpholine rings is 1. The Bertz CT molecular complexity index is 762. The Balaban J connectivity index is 1.45. The zero-order valence-corrected chi connectivity index (χ0v) is 17.1. The molecule has 1 aliphatic rings. The lowest BCUT2D eigenvalue weighted by molar-refractivity contribution is -0.116. The Morgan fingerprint density at radius 1 is 1.21 bits per heavy atom. The van der Waals surface area contributed by atoms with Crippen molar-refractivity contribution in [3.63, 3.8) is 0 Å². The predicted octanol–water partition coefficient (Wildman–Crippen LogP) is 3.77. The van der Waals surface area contributed by atoms with Gasteiger partial charge in [0, 0.05) is 43.2 Å². The van der Waals surface area contributed by atoms with Crippen LogP contribution in [0.15, 0.2) is 28.8 Å². The smallest absolute Gasteiger partial charge is 0.226 e. The largest absolute Gasteiger partial charge is 0.372 e. The third-order valence-corrected chi connectivity index (χ3v) is 4.73. The highest BCUT2D eigenvalue weighted by atomic mass is 16.5. The fourth-order valence-corrected chi connectivity index (χ4v) is 3.37. The fraction of sp³-hybridized carbons (Fsp3) is 0.571. The lowest BCUT2D eigenvalue weighted by Gasteiger charge is -2.36. The number of hydrogen-bond donors (Lipinski definition) is 1. The van der Waals surface area contributed by atoms with Gasteiger partial charge in [0.2, 0.25) is 11.8 Å². The van der Waals surface area contributed by atoms with E-state index in [9.17, 15) is 4.79 Å². The molecule has 7 nitrogen and oxygen atoms in total. The summed E-state index contributed by atoms with van der Waals surface area (Å²) in [5, 5.41) is 6.89. The van der Waals surface area contributed by atoms with Gasteiger partial charge in [0.1, 0.15) is 0 Å². The van der Waals surface area contributed by atoms with Gasteiger partial charge in [-0.2, -0.15) is 4.98 Å². The maximum absolute atomic E-state index is 12.2. The Morgan fingerprint density at radius 2 is 1.89 bits per heavy atom. The minimum atomic E-state index is -0.00929. The molecule has 1 aliphatic heterocycles. The molecule has 2 atom stereocenters. The number of aryl methyl sites for hydroxylation is 1. The van der Waals surface area contributed by atoms with Crippen molar-refractivity contribution < 1.29 is 14.1 Å². The molecule has 0 aliphatic carbocycles. The first-order chi connectivity index (χ1) is 13.4. The molecule has 152 valence electrons. The van der Waals surface area contributed by atoms with Crippen molar-refractivity contribution in [2.75, 3.05) is 23.3 Å². The SMILES string of the molecule is CC(C)c1noc(CCCC(=O)Nc2ccc(N3C[C@H](C)O[C@@H](C)C3)cc2)n1. The van der Waals surface area contributed by atoms with E-state index in [1.165, 1.54) is 0 Å². The molecule has 1 aromatic heterocycles. The highest BCUT2D eigenvalue weighted by Crippen LogP contribution is 2.22. The topological polar surface area (TPSA) is 80.5 Å². The highest BCUT2D eigenvalue weighted by Gasteiger charge is 2.22. The molecule has 0 radical (unpaired) electrons. The van der Waals surface area contributed by atoms with Crippen LogP contribution in [0.4, 0.5) is 11.4 Å². The van der Waals surface area contributed by atoms with Crippen LogP contribution in [0.25, 0.3) is 0 Å². The van der Waals surface area contributed by atoms with Crippen molar-refractivity contribution >= 4 is 17.3 Å². The summed E-state index contributed by atoms with van der Waals surface area (Å²) < 4.78 is 11.0. The molecule has 2 heterocycles. The van der Waals surface area contributed by atoms with Crippen LogP contribution in [-0.2, 0) is 16.0 Å². The quantitative estimate of drug-likeness (QED) is 0.780. The first kappa shape index (κ1) is 20.3. The van der Waals surface area contributed by atoms with Crippen LogP contribution < -0.4 is 10.2 Å². The van der Waals surface area contributed by atoms with Crippen molar-refractivity contribution in [2.24, 2.45) is 0 Å². The van der Waals surface area contributed by atoms with Gasteiger partial charge in [0.25, 0.3) is 0 Å². The number of aromatic nitrogens is 2. The molecule has 3 rings (SSSR count). The average molecular weight is 386 g/mol. The van der Waals surface area contributed by atoms with Crippen LogP contribution in [0.2, 0.25) is 0 Å². The second kappa shape index (κ2) is 9.19. The van der Waals surface area contributed by atoms with Gasteiger partial charge in [-0.25, -0.2) is 0 Å². The van der Waals surface area contributed by atoms with Crippen LogP contribution in [0.5, 0.6) is 0 Å². The van der Waals surface area contributed by atoms with E-state index in [1.807, 2.05) is 38.1 Å². The Labute approximate surface area is 166 Å². The zero-order chi connectivity index (χ0) is 20.1. The van der Waals surface area contributed by atoms with Crippen molar-refractivity contribution in [3.05, 3.63) is 36.0 Å². The van der Waals surface area contributed by atoms with Gasteiger partial charge in [0.05, 0.1) is 12.2 Å². The normalized spacial score (nSPS) is 19.8. The van der Waals surface area contributed by atoms with Gasteiger partial charge in [-0.05, 0) is 44.5 Å². The van der Waals surface area contributed by atoms with Crippen molar-refractivity contribution in [3.8, 4) is 0 Å². The maximum Gasteiger partial charge on any atom is 0.226 e. The third kappa shape index (κ3) is 5.55. The summed E-state index contributed by atoms with van der Waals surface area (Å²) >= 11 is 0. The molecule has 0 saturated carbocycles. The number of nitrogens with one attached hydrogen (secondary N) is 1. The van der Waals surface area contributed by atoms with E-state index in [0.29, 0.717) is 31.0 Å². The van der Waals surface area contributed by atoms with Crippen LogP contribution >= 0.6 is 0 Å². The summed E-state index contributed by atoms with van der Waals surface area (Å²) in [4.78, 5) is 18.8. The molecular weight excluding hydrogens is 356 g/mol. The van der Waals surface area contributed by atoms with Gasteiger partial charge in [0.15, 0.2) is 5.82 Å². The summed E-state index contributed by atoms with van der Waals surface area (Å²) in [6.45, 7) is 9.99. The third-order valence-electron chi connectivity index (χ3n) is 4.73. The lowest BCUT2D eigenvalue weighted by atomic mass is 10.2. The second-order valence-corrected chi connectivity index (χ2v) is 7.81. The molecular formula is C21H30N4O3. The van der Waals surface area contributed by atoms with Crippen LogP contribution in [0.1, 0.15) is 58.2 Å². The molecule has 0 spiro atoms. The van der Waals surface area contributed by atoms with E-state index >= 15 is 0 Å². The molecule has 1 N–H and O–H groups in total. The Hall–Kier alpha value is -2.41. The fourth-order valence-electron chi connectivity index (χ4n) is 3.37. The van der Waals surface area contributed by atoms with Crippen LogP contribution in [0.3, 0.4) is 0 Å². The summed E-state index contributed by atoms with van der Waals surface area (Å²) in [6.07, 6.45) is 2.14. The number of amides is 1. The minimum absolute atomic E-state index is 0.00929. The lowest BCUT2D eigenvalue weighted by Crippen LogP contribution is -2.45. The minimum Gasteiger partial charge on any atom is -0.372 e. The molecule has 28 heavy (non-hydrogen) atoms. The summed E-state index contributed by atoms with van der Waals surface area (Å²) in [5.41, 5.74) is 1.96. The summed E-state index contributed by atoms with van der Waals surface area (Å²) in [7, 11) is 0. The van der Waals surface area contributed by atoms with Crippen LogP contribution in [-0.4, -0.2) is 41.3 Å². The van der Waals surface area contributed by atoms with E-state index in [2.05, 4.69) is 34.2 Å². The van der Waals surface area contributed by atoms with Gasteiger partial charge in [-0.3, -0.25) is 4.79 Å². The van der Waals surface area contributed by atoms with E-state index in [-0.39, 0.29) is 24.0 Å². The number of carbonyl (C=O) groups excluding carboxylic acids is 1. The van der Waals surface area contributed by atoms with Gasteiger partial charge >= 0.3 is 0 Å². The zero-order valence-electron chi connectivity index (χ0n) is 17.1. The second-order valence-electron chi connectivity index (χ2n) is 7.81. The molecule has 2 aromatic rings. The van der Waals surface area contributed by atoms with Crippen molar-refractivity contribution in [1.29, 1.82) is 0 Å². The number of carbonyl (C=O) groups is 1. The average Bonchev–Trinajstić information content (AvgIpc) is 3.11. The number of rotatable bonds is 7. The number of benzene rings is 1. The molecule has 1 aromatic carbocycles. The number of ether oxygens (including phenoxy) is 1. The van der Waals surface area contributed by atoms with Gasteiger partial charge in [-0.1, -0.05) is 19.0 Å². The number of nitrogens with zero attached hydrogens (tertiary/aromatic N) is 3. The maximum atomic E-state index is 12.2. The van der Waals surface area contributed by atoms with E-state index in [4.69, 9.17) is 9.26 Å². The van der Waals surface area contributed by atoms with E-state index in [1.54, 1.807) is 0 Å². The van der Waals surface area contributed by atoms with Gasteiger partial charge in [-0.15, -0.1) is 0 Å². The molecule has 1 saturated heterocycles. The molecule has 1 amide bonds. The standard InChI is InChI=1S/C21H30N4O3/c1-14(2)21-23-20(28-24-21)7-5-6-19(26)22-17-8-10-18(11-9-17)25-12-15(3)27-16(4)13-25/h8-11,14-16H,5-7,12-13H2,1-4H3,(H,22,26)/t15-,16-/m0/s1. The summed E-state index contributed by atoms with van der Waals surface area (Å²) in [6, 6.07) is 7.99. The van der Waals surface area contributed by atoms with E-state index in [0.717, 1.165) is 24.5 Å². The molecule has 0 unspecified atom stereocenters. The highest BCUT2D eigenvalue weighted by molar-refractivity contribution is 5.90. The predicted molar refractivity (Wildman–Crippen MR) is 109 cm³/mol. The molecule has 7 heteroatoms. The van der Waals surface area contributed by atoms with Gasteiger partial charge < -0.3 is 19.5 Å². The Morgan fingerprint density at radius 3 is 2.50 bits per heavy atom. The first-order valence-electron chi connectivity index (χ1n) is 10.0. The van der Waals surface area contributed by atoms with Crippen molar-refractivity contribution in [2.45, 2.75) is 65.1 Å². The molecule has 0 bridgehead atoms. The number of hydrogen-bond acceptors (Lipinski definition) is 6. The first-order valence-corrected chi connectivity index (χ1v) is 10.0. The Kier molecular flexibility index (Phi) is 6.67. The summed E-state index contributed by atoms with van der Waals surface area (Å²) in [5.74, 6) is 1.54. The number of anilines is 2. The van der Waals surface area contributed by atoms with Crippen LogP contribution in [0, 0.1) is 0 Å². The van der Waals surface area contributed by atoms with Crippen molar-refractivity contribution in [1.82, 2.24) is 10.1 Å².